The van der Waals surface area contributed by atoms with Crippen molar-refractivity contribution in [3.8, 4) is 5.40 Å². The molecule has 1 aromatic carbocycles. The molecular formula is C16H12N4O2S2. The molecule has 0 fully saturated rings. The predicted octanol–water partition coefficient (Wildman–Crippen LogP) is 4.18. The van der Waals surface area contributed by atoms with E-state index in [4.69, 9.17) is 10.00 Å². The Balaban J connectivity index is 1.95. The maximum Gasteiger partial charge on any atom is 0.339 e. The summed E-state index contributed by atoms with van der Waals surface area (Å²) < 4.78 is 5.09. The van der Waals surface area contributed by atoms with Crippen LogP contribution in [0.1, 0.15) is 17.3 Å². The smallest absolute Gasteiger partial charge is 0.339 e. The molecule has 120 valence electrons. The third-order valence-corrected chi connectivity index (χ3v) is 4.63. The number of hydrogen-bond donors (Lipinski definition) is 1. The summed E-state index contributed by atoms with van der Waals surface area (Å²) in [6.07, 6.45) is 1.45. The number of fused-ring (bicyclic) bond motifs is 1. The van der Waals surface area contributed by atoms with Gasteiger partial charge in [-0.2, -0.15) is 5.26 Å². The predicted molar refractivity (Wildman–Crippen MR) is 94.6 cm³/mol. The first-order valence-corrected chi connectivity index (χ1v) is 8.75. The van der Waals surface area contributed by atoms with E-state index in [1.54, 1.807) is 12.3 Å². The number of aromatic nitrogens is 2. The minimum absolute atomic E-state index is 0.310. The number of thiophene rings is 1. The Kier molecular flexibility index (Phi) is 4.93. The third kappa shape index (κ3) is 3.32. The Morgan fingerprint density at radius 1 is 1.38 bits per heavy atom. The number of hydrogen-bond acceptors (Lipinski definition) is 8. The first kappa shape index (κ1) is 16.2. The van der Waals surface area contributed by atoms with Crippen LogP contribution >= 0.6 is 23.1 Å². The SMILES string of the molecule is CCOC(=O)c1csc2ncnc(Nc3ccc(SC#N)cc3)c12. The number of carbonyl (C=O) groups excluding carboxylic acids is 1. The van der Waals surface area contributed by atoms with Gasteiger partial charge in [-0.1, -0.05) is 0 Å². The van der Waals surface area contributed by atoms with E-state index in [9.17, 15) is 4.79 Å². The monoisotopic (exact) mass is 356 g/mol. The molecule has 2 heterocycles. The number of ether oxygens (including phenoxy) is 1. The lowest BCUT2D eigenvalue weighted by atomic mass is 10.2. The molecule has 0 aliphatic heterocycles. The molecule has 0 bridgehead atoms. The van der Waals surface area contributed by atoms with Gasteiger partial charge in [-0.3, -0.25) is 0 Å². The van der Waals surface area contributed by atoms with Crippen LogP contribution < -0.4 is 5.32 Å². The summed E-state index contributed by atoms with van der Waals surface area (Å²) in [4.78, 5) is 22.1. The van der Waals surface area contributed by atoms with Crippen molar-refractivity contribution in [3.05, 3.63) is 41.5 Å². The van der Waals surface area contributed by atoms with Crippen molar-refractivity contribution >= 4 is 50.8 Å². The summed E-state index contributed by atoms with van der Waals surface area (Å²) in [7, 11) is 0. The molecule has 0 unspecified atom stereocenters. The topological polar surface area (TPSA) is 87.9 Å². The number of nitriles is 1. The van der Waals surface area contributed by atoms with E-state index in [1.807, 2.05) is 29.7 Å². The Morgan fingerprint density at radius 2 is 2.17 bits per heavy atom. The Labute approximate surface area is 146 Å². The van der Waals surface area contributed by atoms with Gasteiger partial charge < -0.3 is 10.1 Å². The molecular weight excluding hydrogens is 344 g/mol. The molecule has 0 radical (unpaired) electrons. The fourth-order valence-electron chi connectivity index (χ4n) is 2.12. The highest BCUT2D eigenvalue weighted by Crippen LogP contribution is 2.31. The van der Waals surface area contributed by atoms with E-state index in [1.165, 1.54) is 17.7 Å². The van der Waals surface area contributed by atoms with Gasteiger partial charge in [0.15, 0.2) is 0 Å². The number of esters is 1. The van der Waals surface area contributed by atoms with Crippen molar-refractivity contribution in [1.82, 2.24) is 9.97 Å². The van der Waals surface area contributed by atoms with Crippen LogP contribution in [0.25, 0.3) is 10.2 Å². The molecule has 0 saturated heterocycles. The Bertz CT molecular complexity index is 916. The molecule has 3 rings (SSSR count). The minimum atomic E-state index is -0.387. The van der Waals surface area contributed by atoms with Gasteiger partial charge in [0.25, 0.3) is 0 Å². The van der Waals surface area contributed by atoms with Crippen molar-refractivity contribution in [2.24, 2.45) is 0 Å². The number of thioether (sulfide) groups is 1. The normalized spacial score (nSPS) is 10.3. The van der Waals surface area contributed by atoms with Gasteiger partial charge in [-0.05, 0) is 43.0 Å². The average Bonchev–Trinajstić information content (AvgIpc) is 3.02. The Morgan fingerprint density at radius 3 is 2.88 bits per heavy atom. The standard InChI is InChI=1S/C16H12N4O2S2/c1-2-22-16(21)12-7-23-15-13(12)14(18-9-19-15)20-10-3-5-11(6-4-10)24-8-17/h3-7,9H,2H2,1H3,(H,18,19,20). The van der Waals surface area contributed by atoms with Crippen LogP contribution in [-0.4, -0.2) is 22.5 Å². The lowest BCUT2D eigenvalue weighted by molar-refractivity contribution is 0.0529. The number of thiocyanates is 1. The molecule has 0 spiro atoms. The zero-order chi connectivity index (χ0) is 16.9. The minimum Gasteiger partial charge on any atom is -0.462 e. The van der Waals surface area contributed by atoms with Crippen LogP contribution in [0, 0.1) is 10.7 Å². The number of anilines is 2. The molecule has 0 amide bonds. The zero-order valence-electron chi connectivity index (χ0n) is 12.6. The second-order valence-electron chi connectivity index (χ2n) is 4.62. The van der Waals surface area contributed by atoms with Crippen molar-refractivity contribution in [3.63, 3.8) is 0 Å². The summed E-state index contributed by atoms with van der Waals surface area (Å²) >= 11 is 2.47. The van der Waals surface area contributed by atoms with E-state index in [-0.39, 0.29) is 5.97 Å². The molecule has 8 heteroatoms. The van der Waals surface area contributed by atoms with Crippen LogP contribution in [0.2, 0.25) is 0 Å². The number of nitrogens with one attached hydrogen (secondary N) is 1. The number of nitrogens with zero attached hydrogens (tertiary/aromatic N) is 3. The molecule has 24 heavy (non-hydrogen) atoms. The molecule has 6 nitrogen and oxygen atoms in total. The maximum absolute atomic E-state index is 12.1. The molecule has 1 N–H and O–H groups in total. The van der Waals surface area contributed by atoms with Gasteiger partial charge >= 0.3 is 5.97 Å². The second-order valence-corrected chi connectivity index (χ2v) is 6.33. The highest BCUT2D eigenvalue weighted by Gasteiger charge is 2.18. The van der Waals surface area contributed by atoms with Gasteiger partial charge in [-0.15, -0.1) is 11.3 Å². The number of carbonyl (C=O) groups is 1. The second kappa shape index (κ2) is 7.29. The molecule has 0 aliphatic carbocycles. The molecule has 0 saturated carbocycles. The molecule has 0 aliphatic rings. The maximum atomic E-state index is 12.1. The van der Waals surface area contributed by atoms with Crippen LogP contribution in [0.4, 0.5) is 11.5 Å². The highest BCUT2D eigenvalue weighted by atomic mass is 32.2. The van der Waals surface area contributed by atoms with Gasteiger partial charge in [-0.25, -0.2) is 14.8 Å². The third-order valence-electron chi connectivity index (χ3n) is 3.15. The summed E-state index contributed by atoms with van der Waals surface area (Å²) in [5.41, 5.74) is 1.26. The van der Waals surface area contributed by atoms with E-state index < -0.39 is 0 Å². The summed E-state index contributed by atoms with van der Waals surface area (Å²) in [6.45, 7) is 2.08. The van der Waals surface area contributed by atoms with E-state index in [2.05, 4.69) is 15.3 Å². The Hall–Kier alpha value is -2.63. The van der Waals surface area contributed by atoms with Gasteiger partial charge in [0.2, 0.25) is 0 Å². The first-order chi connectivity index (χ1) is 11.7. The van der Waals surface area contributed by atoms with Crippen molar-refractivity contribution in [1.29, 1.82) is 5.26 Å². The van der Waals surface area contributed by atoms with Crippen LogP contribution in [-0.2, 0) is 4.74 Å². The molecule has 0 atom stereocenters. The zero-order valence-corrected chi connectivity index (χ0v) is 14.3. The van der Waals surface area contributed by atoms with Crippen molar-refractivity contribution < 1.29 is 9.53 Å². The summed E-state index contributed by atoms with van der Waals surface area (Å²) in [5.74, 6) is 0.160. The first-order valence-electron chi connectivity index (χ1n) is 7.05. The molecule has 2 aromatic heterocycles. The van der Waals surface area contributed by atoms with Gasteiger partial charge in [0, 0.05) is 16.0 Å². The lowest BCUT2D eigenvalue weighted by Gasteiger charge is -2.08. The fraction of sp³-hybridized carbons (Fsp3) is 0.125. The molecule has 3 aromatic rings. The number of rotatable bonds is 5. The summed E-state index contributed by atoms with van der Waals surface area (Å²) in [6, 6.07) is 7.39. The van der Waals surface area contributed by atoms with Crippen molar-refractivity contribution in [2.75, 3.05) is 11.9 Å². The van der Waals surface area contributed by atoms with Gasteiger partial charge in [0.05, 0.1) is 17.6 Å². The largest absolute Gasteiger partial charge is 0.462 e. The van der Waals surface area contributed by atoms with E-state index in [0.717, 1.165) is 22.3 Å². The van der Waals surface area contributed by atoms with E-state index in [0.29, 0.717) is 28.2 Å². The lowest BCUT2D eigenvalue weighted by Crippen LogP contribution is -2.05. The van der Waals surface area contributed by atoms with Crippen LogP contribution in [0.3, 0.4) is 0 Å². The van der Waals surface area contributed by atoms with Crippen molar-refractivity contribution in [2.45, 2.75) is 11.8 Å². The highest BCUT2D eigenvalue weighted by molar-refractivity contribution is 8.03. The number of benzene rings is 1. The van der Waals surface area contributed by atoms with Crippen LogP contribution in [0.5, 0.6) is 0 Å². The average molecular weight is 356 g/mol. The van der Waals surface area contributed by atoms with Gasteiger partial charge in [0.1, 0.15) is 22.4 Å². The fourth-order valence-corrected chi connectivity index (χ4v) is 3.38. The van der Waals surface area contributed by atoms with Crippen LogP contribution in [0.15, 0.2) is 40.9 Å². The summed E-state index contributed by atoms with van der Waals surface area (Å²) in [5, 5.41) is 16.3. The van der Waals surface area contributed by atoms with E-state index >= 15 is 0 Å². The quantitative estimate of drug-likeness (QED) is 0.417.